The van der Waals surface area contributed by atoms with Gasteiger partial charge in [-0.15, -0.1) is 11.3 Å². The van der Waals surface area contributed by atoms with E-state index in [1.165, 1.54) is 11.1 Å². The number of rotatable bonds is 4. The number of hydrogen-bond donors (Lipinski definition) is 0. The fourth-order valence-corrected chi connectivity index (χ4v) is 2.80. The average Bonchev–Trinajstić information content (AvgIpc) is 3.09. The first-order chi connectivity index (χ1) is 12.6. The molecule has 1 aromatic heterocycles. The summed E-state index contributed by atoms with van der Waals surface area (Å²) in [5.74, 6) is 0. The third-order valence-electron chi connectivity index (χ3n) is 3.40. The van der Waals surface area contributed by atoms with Crippen LogP contribution in [0.4, 0.5) is 11.4 Å². The molecule has 0 atom stereocenters. The number of nitrogens with zero attached hydrogens (tertiary/aromatic N) is 2. The molecule has 0 radical (unpaired) electrons. The van der Waals surface area contributed by atoms with E-state index in [9.17, 15) is 0 Å². The molecule has 2 nitrogen and oxygen atoms in total. The van der Waals surface area contributed by atoms with Gasteiger partial charge in [-0.25, -0.2) is 0 Å². The number of benzene rings is 2. The molecule has 0 aliphatic rings. The molecule has 26 heavy (non-hydrogen) atoms. The van der Waals surface area contributed by atoms with E-state index in [0.29, 0.717) is 0 Å². The van der Waals surface area contributed by atoms with Gasteiger partial charge >= 0.3 is 33.3 Å². The third kappa shape index (κ3) is 7.45. The van der Waals surface area contributed by atoms with Crippen LogP contribution >= 0.6 is 31.5 Å². The van der Waals surface area contributed by atoms with Crippen LogP contribution in [0, 0.1) is 13.8 Å². The van der Waals surface area contributed by atoms with Crippen LogP contribution in [0.1, 0.15) is 20.9 Å². The van der Waals surface area contributed by atoms with Crippen molar-refractivity contribution in [2.24, 2.45) is 9.98 Å². The Morgan fingerprint density at radius 2 is 1.04 bits per heavy atom. The Kier molecular flexibility index (Phi) is 9.10. The zero-order valence-corrected chi connectivity index (χ0v) is 17.8. The van der Waals surface area contributed by atoms with Crippen molar-refractivity contribution in [3.05, 3.63) is 81.5 Å². The van der Waals surface area contributed by atoms with Gasteiger partial charge in [0.25, 0.3) is 0 Å². The second kappa shape index (κ2) is 11.3. The van der Waals surface area contributed by atoms with Crippen molar-refractivity contribution >= 4 is 55.3 Å². The zero-order chi connectivity index (χ0) is 18.8. The monoisotopic (exact) mass is 444 g/mol. The van der Waals surface area contributed by atoms with Crippen LogP contribution in [-0.4, -0.2) is 12.4 Å². The Hall–Kier alpha value is -1.42. The molecule has 0 unspecified atom stereocenters. The normalized spacial score (nSPS) is 11.1. The van der Waals surface area contributed by atoms with E-state index in [2.05, 4.69) is 60.2 Å². The summed E-state index contributed by atoms with van der Waals surface area (Å²) in [7, 11) is 9.53. The zero-order valence-electron chi connectivity index (χ0n) is 14.3. The number of aliphatic imine (C=N–C) groups is 2. The molecule has 0 amide bonds. The first-order valence-electron chi connectivity index (χ1n) is 7.77. The van der Waals surface area contributed by atoms with Gasteiger partial charge in [0.15, 0.2) is 0 Å². The van der Waals surface area contributed by atoms with E-state index < -0.39 is 0 Å². The summed E-state index contributed by atoms with van der Waals surface area (Å²) in [6, 6.07) is 20.5. The van der Waals surface area contributed by atoms with Gasteiger partial charge in [-0.05, 0) is 50.2 Å². The van der Waals surface area contributed by atoms with Gasteiger partial charge in [0.1, 0.15) is 0 Å². The molecule has 0 N–H and O–H groups in total. The summed E-state index contributed by atoms with van der Waals surface area (Å²) >= 11 is 1.87. The first kappa shape index (κ1) is 20.9. The molecule has 6 heteroatoms. The Bertz CT molecular complexity index is 786. The van der Waals surface area contributed by atoms with Gasteiger partial charge in [-0.3, -0.25) is 9.98 Å². The molecule has 3 rings (SSSR count). The minimum absolute atomic E-state index is 0.194. The van der Waals surface area contributed by atoms with Crippen molar-refractivity contribution < 1.29 is 13.1 Å². The van der Waals surface area contributed by atoms with E-state index in [1.54, 1.807) is 11.3 Å². The van der Waals surface area contributed by atoms with Crippen molar-refractivity contribution in [1.29, 1.82) is 0 Å². The van der Waals surface area contributed by atoms with Crippen LogP contribution < -0.4 is 0 Å². The van der Waals surface area contributed by atoms with Crippen LogP contribution in [0.2, 0.25) is 0 Å². The molecule has 0 aliphatic carbocycles. The Morgan fingerprint density at radius 3 is 1.38 bits per heavy atom. The third-order valence-corrected chi connectivity index (χ3v) is 4.35. The summed E-state index contributed by atoms with van der Waals surface area (Å²) in [6.07, 6.45) is 3.80. The van der Waals surface area contributed by atoms with E-state index in [-0.39, 0.29) is 13.1 Å². The van der Waals surface area contributed by atoms with Gasteiger partial charge in [0.05, 0.1) is 11.4 Å². The molecule has 0 fully saturated rings. The standard InChI is InChI=1S/C20H18N2S.2ClH.Fe/c1-15-3-7-17(8-4-15)21-13-19-11-12-20(23-19)14-22-18-9-5-16(2)6-10-18;;;/h3-14H,1-2H3;2*1H;/q;;;+2/p-2. The molecular weight excluding hydrogens is 427 g/mol. The molecule has 3 aromatic rings. The number of thiophene rings is 1. The first-order valence-corrected chi connectivity index (χ1v) is 11.6. The molecule has 2 aromatic carbocycles. The molecule has 1 heterocycles. The fourth-order valence-electron chi connectivity index (χ4n) is 2.05. The predicted molar refractivity (Wildman–Crippen MR) is 113 cm³/mol. The van der Waals surface area contributed by atoms with Crippen molar-refractivity contribution in [3.8, 4) is 0 Å². The van der Waals surface area contributed by atoms with Crippen molar-refractivity contribution in [3.63, 3.8) is 0 Å². The number of hydrogen-bond acceptors (Lipinski definition) is 3. The summed E-state index contributed by atoms with van der Waals surface area (Å²) in [5.41, 5.74) is 4.43. The van der Waals surface area contributed by atoms with E-state index in [4.69, 9.17) is 20.2 Å². The predicted octanol–water partition coefficient (Wildman–Crippen LogP) is 7.24. The topological polar surface area (TPSA) is 24.7 Å². The Balaban J connectivity index is 0.000000758. The van der Waals surface area contributed by atoms with Crippen molar-refractivity contribution in [1.82, 2.24) is 0 Å². The van der Waals surface area contributed by atoms with E-state index >= 15 is 0 Å². The number of aryl methyl sites for hydroxylation is 2. The average molecular weight is 445 g/mol. The Labute approximate surface area is 173 Å². The summed E-state index contributed by atoms with van der Waals surface area (Å²) in [6.45, 7) is 4.15. The summed E-state index contributed by atoms with van der Waals surface area (Å²) in [5, 5.41) is 0. The van der Waals surface area contributed by atoms with Crippen LogP contribution in [0.15, 0.2) is 70.6 Å². The van der Waals surface area contributed by atoms with Gasteiger partial charge in [-0.2, -0.15) is 0 Å². The van der Waals surface area contributed by atoms with Gasteiger partial charge in [0, 0.05) is 22.2 Å². The van der Waals surface area contributed by atoms with E-state index in [0.717, 1.165) is 21.1 Å². The SMILES string of the molecule is Cc1ccc(N=Cc2ccc(C=Nc3ccc(C)cc3)s2)cc1.[Cl][Fe][Cl]. The summed E-state index contributed by atoms with van der Waals surface area (Å²) < 4.78 is 0. The fraction of sp³-hybridized carbons (Fsp3) is 0.100. The molecule has 0 bridgehead atoms. The van der Waals surface area contributed by atoms with Crippen LogP contribution in [0.25, 0.3) is 0 Å². The molecule has 136 valence electrons. The van der Waals surface area contributed by atoms with Crippen molar-refractivity contribution in [2.45, 2.75) is 13.8 Å². The molecule has 0 aliphatic heterocycles. The van der Waals surface area contributed by atoms with Gasteiger partial charge in [0.2, 0.25) is 0 Å². The van der Waals surface area contributed by atoms with Gasteiger partial charge in [-0.1, -0.05) is 35.4 Å². The maximum atomic E-state index is 4.76. The maximum absolute atomic E-state index is 4.76. The second-order valence-corrected chi connectivity index (χ2v) is 8.45. The quantitative estimate of drug-likeness (QED) is 0.299. The summed E-state index contributed by atoms with van der Waals surface area (Å²) in [4.78, 5) is 11.2. The molecular formula is C20H18Cl2FeN2S. The molecule has 0 spiro atoms. The number of halogens is 2. The van der Waals surface area contributed by atoms with Crippen LogP contribution in [0.5, 0.6) is 0 Å². The minimum atomic E-state index is 0.194. The van der Waals surface area contributed by atoms with E-state index in [1.807, 2.05) is 36.7 Å². The van der Waals surface area contributed by atoms with Crippen molar-refractivity contribution in [2.75, 3.05) is 0 Å². The van der Waals surface area contributed by atoms with Crippen LogP contribution in [0.3, 0.4) is 0 Å². The van der Waals surface area contributed by atoms with Crippen LogP contribution in [-0.2, 0) is 13.1 Å². The Morgan fingerprint density at radius 1 is 0.692 bits per heavy atom. The second-order valence-electron chi connectivity index (χ2n) is 5.48. The molecule has 0 saturated heterocycles. The molecule has 0 saturated carbocycles. The van der Waals surface area contributed by atoms with Gasteiger partial charge < -0.3 is 0 Å².